The normalized spacial score (nSPS) is 14.8. The average Bonchev–Trinajstić information content (AvgIpc) is 2.81. The van der Waals surface area contributed by atoms with Gasteiger partial charge in [-0.25, -0.2) is 9.97 Å². The predicted octanol–water partition coefficient (Wildman–Crippen LogP) is 1.73. The maximum absolute atomic E-state index is 13.4. The van der Waals surface area contributed by atoms with Crippen molar-refractivity contribution >= 4 is 22.9 Å². The molecular formula is C24H30N6O2. The summed E-state index contributed by atoms with van der Waals surface area (Å²) < 4.78 is 1.70. The van der Waals surface area contributed by atoms with Crippen molar-refractivity contribution < 1.29 is 4.79 Å². The molecule has 2 aromatic heterocycles. The van der Waals surface area contributed by atoms with Gasteiger partial charge >= 0.3 is 0 Å². The summed E-state index contributed by atoms with van der Waals surface area (Å²) in [6, 6.07) is 13.6. The van der Waals surface area contributed by atoms with E-state index in [4.69, 9.17) is 0 Å². The molecule has 3 aromatic rings. The van der Waals surface area contributed by atoms with Gasteiger partial charge < -0.3 is 15.1 Å². The van der Waals surface area contributed by atoms with Crippen LogP contribution in [0.25, 0.3) is 11.2 Å². The second kappa shape index (κ2) is 9.91. The number of pyridine rings is 1. The second-order valence-corrected chi connectivity index (χ2v) is 8.51. The summed E-state index contributed by atoms with van der Waals surface area (Å²) in [5, 5.41) is 3.02. The Morgan fingerprint density at radius 3 is 2.59 bits per heavy atom. The molecule has 1 aromatic carbocycles. The molecule has 1 fully saturated rings. The molecule has 0 aliphatic carbocycles. The number of anilines is 1. The van der Waals surface area contributed by atoms with Crippen LogP contribution in [-0.2, 0) is 11.3 Å². The number of fused-ring (bicyclic) bond motifs is 1. The maximum atomic E-state index is 13.4. The summed E-state index contributed by atoms with van der Waals surface area (Å²) in [5.41, 5.74) is 2.17. The lowest BCUT2D eigenvalue weighted by atomic mass is 9.96. The molecule has 8 nitrogen and oxygen atoms in total. The molecule has 3 heterocycles. The fraction of sp³-hybridized carbons (Fsp3) is 0.417. The van der Waals surface area contributed by atoms with Crippen LogP contribution in [0, 0.1) is 5.92 Å². The number of benzene rings is 1. The van der Waals surface area contributed by atoms with E-state index in [0.29, 0.717) is 56.0 Å². The van der Waals surface area contributed by atoms with E-state index < -0.39 is 0 Å². The largest absolute Gasteiger partial charge is 0.355 e. The van der Waals surface area contributed by atoms with E-state index in [9.17, 15) is 9.59 Å². The first-order valence-corrected chi connectivity index (χ1v) is 11.1. The first kappa shape index (κ1) is 22.0. The number of nitrogens with one attached hydrogen (secondary N) is 1. The molecule has 4 rings (SSSR count). The summed E-state index contributed by atoms with van der Waals surface area (Å²) in [6.07, 6.45) is 3.10. The van der Waals surface area contributed by atoms with Gasteiger partial charge in [0.15, 0.2) is 11.5 Å². The molecule has 0 atom stereocenters. The van der Waals surface area contributed by atoms with Gasteiger partial charge in [0.25, 0.3) is 5.56 Å². The Hall–Kier alpha value is -3.26. The lowest BCUT2D eigenvalue weighted by Gasteiger charge is -2.32. The molecule has 0 bridgehead atoms. The molecule has 0 spiro atoms. The number of nitrogens with zero attached hydrogens (tertiary/aromatic N) is 5. The minimum atomic E-state index is -0.145. The Morgan fingerprint density at radius 1 is 1.12 bits per heavy atom. The fourth-order valence-corrected chi connectivity index (χ4v) is 4.08. The third-order valence-electron chi connectivity index (χ3n) is 5.89. The lowest BCUT2D eigenvalue weighted by molar-refractivity contribution is -0.125. The van der Waals surface area contributed by atoms with Gasteiger partial charge in [-0.1, -0.05) is 30.3 Å². The molecule has 32 heavy (non-hydrogen) atoms. The van der Waals surface area contributed by atoms with Gasteiger partial charge in [-0.3, -0.25) is 14.2 Å². The molecule has 0 radical (unpaired) electrons. The minimum Gasteiger partial charge on any atom is -0.355 e. The molecule has 1 amide bonds. The van der Waals surface area contributed by atoms with Gasteiger partial charge in [0, 0.05) is 38.3 Å². The Balaban J connectivity index is 1.53. The number of rotatable bonds is 7. The molecule has 0 saturated carbocycles. The van der Waals surface area contributed by atoms with Crippen molar-refractivity contribution in [3.8, 4) is 0 Å². The number of likely N-dealkylation sites (N-methyl/N-ethyl adjacent to an activating group) is 1. The van der Waals surface area contributed by atoms with E-state index in [1.807, 2.05) is 66.4 Å². The predicted molar refractivity (Wildman–Crippen MR) is 126 cm³/mol. The van der Waals surface area contributed by atoms with Crippen LogP contribution in [0.2, 0.25) is 0 Å². The van der Waals surface area contributed by atoms with E-state index in [2.05, 4.69) is 15.3 Å². The van der Waals surface area contributed by atoms with E-state index in [0.717, 1.165) is 12.1 Å². The number of hydrogen-bond acceptors (Lipinski definition) is 6. The van der Waals surface area contributed by atoms with Crippen molar-refractivity contribution in [2.24, 2.45) is 5.92 Å². The summed E-state index contributed by atoms with van der Waals surface area (Å²) in [7, 11) is 3.97. The standard InChI is InChI=1S/C24H30N6O2/c1-28(2)16-13-26-23(31)19-10-14-29(15-11-19)22-24(32)30(17-18-7-4-3-5-8-18)21-20(27-22)9-6-12-25-21/h3-9,12,19H,10-11,13-17H2,1-2H3,(H,26,31). The fourth-order valence-electron chi connectivity index (χ4n) is 4.08. The van der Waals surface area contributed by atoms with Gasteiger partial charge in [-0.15, -0.1) is 0 Å². The van der Waals surface area contributed by atoms with Crippen LogP contribution < -0.4 is 15.8 Å². The SMILES string of the molecule is CN(C)CCNC(=O)C1CCN(c2nc3cccnc3n(Cc3ccccc3)c2=O)CC1. The zero-order chi connectivity index (χ0) is 22.5. The third-order valence-corrected chi connectivity index (χ3v) is 5.89. The van der Waals surface area contributed by atoms with Crippen LogP contribution in [-0.4, -0.2) is 65.6 Å². The summed E-state index contributed by atoms with van der Waals surface area (Å²) in [4.78, 5) is 39.1. The summed E-state index contributed by atoms with van der Waals surface area (Å²) >= 11 is 0. The van der Waals surface area contributed by atoms with Crippen LogP contribution in [0.5, 0.6) is 0 Å². The minimum absolute atomic E-state index is 0.0259. The van der Waals surface area contributed by atoms with Crippen molar-refractivity contribution in [2.45, 2.75) is 19.4 Å². The summed E-state index contributed by atoms with van der Waals surface area (Å²) in [5.74, 6) is 0.513. The Labute approximate surface area is 187 Å². The van der Waals surface area contributed by atoms with Crippen LogP contribution in [0.4, 0.5) is 5.82 Å². The Bertz CT molecular complexity index is 1120. The van der Waals surface area contributed by atoms with Crippen LogP contribution in [0.1, 0.15) is 18.4 Å². The van der Waals surface area contributed by atoms with Crippen molar-refractivity contribution in [3.05, 3.63) is 64.6 Å². The second-order valence-electron chi connectivity index (χ2n) is 8.51. The van der Waals surface area contributed by atoms with Crippen LogP contribution in [0.15, 0.2) is 53.5 Å². The topological polar surface area (TPSA) is 83.4 Å². The van der Waals surface area contributed by atoms with E-state index >= 15 is 0 Å². The number of aromatic nitrogens is 3. The van der Waals surface area contributed by atoms with E-state index in [-0.39, 0.29) is 17.4 Å². The quantitative estimate of drug-likeness (QED) is 0.610. The zero-order valence-corrected chi connectivity index (χ0v) is 18.7. The van der Waals surface area contributed by atoms with Gasteiger partial charge in [-0.2, -0.15) is 0 Å². The Morgan fingerprint density at radius 2 is 1.88 bits per heavy atom. The van der Waals surface area contributed by atoms with Crippen molar-refractivity contribution in [2.75, 3.05) is 45.2 Å². The molecule has 8 heteroatoms. The Kier molecular flexibility index (Phi) is 6.80. The number of carbonyl (C=O) groups excluding carboxylic acids is 1. The van der Waals surface area contributed by atoms with E-state index in [1.165, 1.54) is 0 Å². The molecular weight excluding hydrogens is 404 g/mol. The molecule has 168 valence electrons. The molecule has 1 aliphatic heterocycles. The zero-order valence-electron chi connectivity index (χ0n) is 18.7. The highest BCUT2D eigenvalue weighted by molar-refractivity contribution is 5.79. The summed E-state index contributed by atoms with van der Waals surface area (Å²) in [6.45, 7) is 3.17. The molecule has 0 unspecified atom stereocenters. The van der Waals surface area contributed by atoms with Gasteiger partial charge in [0.1, 0.15) is 5.52 Å². The lowest BCUT2D eigenvalue weighted by Crippen LogP contribution is -2.44. The highest BCUT2D eigenvalue weighted by atomic mass is 16.2. The van der Waals surface area contributed by atoms with E-state index in [1.54, 1.807) is 10.8 Å². The highest BCUT2D eigenvalue weighted by Gasteiger charge is 2.27. The average molecular weight is 435 g/mol. The first-order chi connectivity index (χ1) is 15.5. The van der Waals surface area contributed by atoms with Crippen molar-refractivity contribution in [3.63, 3.8) is 0 Å². The maximum Gasteiger partial charge on any atom is 0.295 e. The molecule has 1 aliphatic rings. The number of carbonyl (C=O) groups is 1. The molecule has 1 saturated heterocycles. The van der Waals surface area contributed by atoms with Crippen molar-refractivity contribution in [1.82, 2.24) is 24.8 Å². The van der Waals surface area contributed by atoms with Crippen molar-refractivity contribution in [1.29, 1.82) is 0 Å². The van der Waals surface area contributed by atoms with Crippen LogP contribution in [0.3, 0.4) is 0 Å². The van der Waals surface area contributed by atoms with Gasteiger partial charge in [0.05, 0.1) is 6.54 Å². The smallest absolute Gasteiger partial charge is 0.295 e. The number of hydrogen-bond donors (Lipinski definition) is 1. The number of amides is 1. The molecule has 1 N–H and O–H groups in total. The van der Waals surface area contributed by atoms with Crippen LogP contribution >= 0.6 is 0 Å². The number of piperidine rings is 1. The van der Waals surface area contributed by atoms with Gasteiger partial charge in [-0.05, 0) is 44.6 Å². The first-order valence-electron chi connectivity index (χ1n) is 11.1. The third kappa shape index (κ3) is 4.96. The highest BCUT2D eigenvalue weighted by Crippen LogP contribution is 2.22. The monoisotopic (exact) mass is 434 g/mol. The van der Waals surface area contributed by atoms with Gasteiger partial charge in [0.2, 0.25) is 5.91 Å².